The van der Waals surface area contributed by atoms with Crippen molar-refractivity contribution in [2.24, 2.45) is 5.92 Å². The van der Waals surface area contributed by atoms with Crippen LogP contribution < -0.4 is 10.6 Å². The topological polar surface area (TPSA) is 110 Å². The van der Waals surface area contributed by atoms with Gasteiger partial charge in [0.2, 0.25) is 16.9 Å². The van der Waals surface area contributed by atoms with E-state index < -0.39 is 0 Å². The molecule has 0 saturated heterocycles. The fraction of sp³-hybridized carbons (Fsp3) is 0.550. The quantitative estimate of drug-likeness (QED) is 0.310. The summed E-state index contributed by atoms with van der Waals surface area (Å²) >= 11 is 3.94. The zero-order chi connectivity index (χ0) is 22.4. The number of hydrogen-bond donors (Lipinski definition) is 2. The zero-order valence-corrected chi connectivity index (χ0v) is 20.2. The number of rotatable bonds is 9. The van der Waals surface area contributed by atoms with Gasteiger partial charge in [-0.05, 0) is 44.1 Å². The predicted molar refractivity (Wildman–Crippen MR) is 124 cm³/mol. The summed E-state index contributed by atoms with van der Waals surface area (Å²) in [5.41, 5.74) is 1.52. The van der Waals surface area contributed by atoms with E-state index in [2.05, 4.69) is 20.8 Å². The van der Waals surface area contributed by atoms with Crippen LogP contribution in [-0.2, 0) is 27.2 Å². The maximum Gasteiger partial charge on any atom is 0.341 e. The molecule has 0 aromatic carbocycles. The van der Waals surface area contributed by atoms with Gasteiger partial charge in [0, 0.05) is 11.3 Å². The molecule has 0 atom stereocenters. The van der Waals surface area contributed by atoms with Crippen LogP contribution >= 0.6 is 34.4 Å². The number of fused-ring (bicyclic) bond motifs is 1. The van der Waals surface area contributed by atoms with E-state index in [1.54, 1.807) is 6.92 Å². The average Bonchev–Trinajstić information content (AvgIpc) is 3.29. The third kappa shape index (κ3) is 6.50. The number of anilines is 2. The molecule has 0 unspecified atom stereocenters. The van der Waals surface area contributed by atoms with E-state index in [1.807, 2.05) is 13.8 Å². The number of thioether (sulfide) groups is 1. The summed E-state index contributed by atoms with van der Waals surface area (Å²) < 4.78 is 5.81. The van der Waals surface area contributed by atoms with Crippen LogP contribution in [0.1, 0.15) is 60.8 Å². The number of aryl methyl sites for hydroxylation is 1. The molecule has 2 N–H and O–H groups in total. The Morgan fingerprint density at radius 2 is 1.87 bits per heavy atom. The molecule has 31 heavy (non-hydrogen) atoms. The van der Waals surface area contributed by atoms with Crippen molar-refractivity contribution in [3.63, 3.8) is 0 Å². The van der Waals surface area contributed by atoms with Gasteiger partial charge in [0.25, 0.3) is 0 Å². The van der Waals surface area contributed by atoms with Gasteiger partial charge in [-0.25, -0.2) is 4.79 Å². The molecule has 8 nitrogen and oxygen atoms in total. The molecule has 1 aliphatic carbocycles. The number of nitrogens with zero attached hydrogens (tertiary/aromatic N) is 2. The Morgan fingerprint density at radius 1 is 1.10 bits per heavy atom. The lowest BCUT2D eigenvalue weighted by Crippen LogP contribution is -2.17. The Hall–Kier alpha value is -1.98. The lowest BCUT2D eigenvalue weighted by Gasteiger charge is -2.12. The molecule has 0 fully saturated rings. The number of hydrogen-bond acceptors (Lipinski definition) is 9. The summed E-state index contributed by atoms with van der Waals surface area (Å²) in [7, 11) is 0. The lowest BCUT2D eigenvalue weighted by molar-refractivity contribution is -0.117. The largest absolute Gasteiger partial charge is 0.462 e. The first-order valence-corrected chi connectivity index (χ1v) is 12.9. The first-order valence-electron chi connectivity index (χ1n) is 10.2. The van der Waals surface area contributed by atoms with E-state index in [4.69, 9.17) is 4.74 Å². The van der Waals surface area contributed by atoms with Gasteiger partial charge >= 0.3 is 5.97 Å². The van der Waals surface area contributed by atoms with Crippen molar-refractivity contribution < 1.29 is 19.1 Å². The molecule has 168 valence electrons. The van der Waals surface area contributed by atoms with Crippen LogP contribution in [0, 0.1) is 5.92 Å². The summed E-state index contributed by atoms with van der Waals surface area (Å²) in [4.78, 5) is 38.0. The standard InChI is InChI=1S/C20H26N4O4S3/c1-4-28-18(27)16-12-7-5-6-8-13(12)30-17(16)21-15(26)10-29-20-24-23-19(31-20)22-14(25)9-11(2)3/h11H,4-10H2,1-3H3,(H,21,26)(H,22,23,25). The van der Waals surface area contributed by atoms with Crippen LogP contribution in [0.3, 0.4) is 0 Å². The van der Waals surface area contributed by atoms with Crippen molar-refractivity contribution in [2.45, 2.75) is 57.2 Å². The number of aromatic nitrogens is 2. The van der Waals surface area contributed by atoms with Crippen molar-refractivity contribution in [3.05, 3.63) is 16.0 Å². The molecule has 1 aliphatic rings. The second-order valence-corrected chi connectivity index (χ2v) is 10.8. The smallest absolute Gasteiger partial charge is 0.341 e. The summed E-state index contributed by atoms with van der Waals surface area (Å²) in [6.07, 6.45) is 4.30. The van der Waals surface area contributed by atoms with E-state index in [0.717, 1.165) is 36.1 Å². The highest BCUT2D eigenvalue weighted by atomic mass is 32.2. The monoisotopic (exact) mass is 482 g/mol. The molecular weight excluding hydrogens is 456 g/mol. The molecule has 0 aliphatic heterocycles. The summed E-state index contributed by atoms with van der Waals surface area (Å²) in [5.74, 6) is -0.327. The van der Waals surface area contributed by atoms with Gasteiger partial charge in [0.15, 0.2) is 4.34 Å². The fourth-order valence-electron chi connectivity index (χ4n) is 3.22. The molecule has 2 heterocycles. The summed E-state index contributed by atoms with van der Waals surface area (Å²) in [6.45, 7) is 6.00. The Bertz CT molecular complexity index is 954. The normalized spacial score (nSPS) is 13.0. The highest BCUT2D eigenvalue weighted by molar-refractivity contribution is 8.01. The minimum Gasteiger partial charge on any atom is -0.462 e. The molecule has 2 amide bonds. The van der Waals surface area contributed by atoms with Crippen molar-refractivity contribution >= 4 is 62.4 Å². The maximum absolute atomic E-state index is 12.5. The first kappa shape index (κ1) is 23.7. The third-order valence-corrected chi connectivity index (χ3v) is 7.66. The van der Waals surface area contributed by atoms with Gasteiger partial charge in [-0.3, -0.25) is 9.59 Å². The van der Waals surface area contributed by atoms with Crippen molar-refractivity contribution in [3.8, 4) is 0 Å². The molecule has 2 aromatic heterocycles. The number of ether oxygens (including phenoxy) is 1. The molecular formula is C20H26N4O4S3. The Kier molecular flexibility index (Phi) is 8.44. The van der Waals surface area contributed by atoms with Gasteiger partial charge in [0.05, 0.1) is 17.9 Å². The Morgan fingerprint density at radius 3 is 2.61 bits per heavy atom. The first-order chi connectivity index (χ1) is 14.9. The molecule has 3 rings (SSSR count). The predicted octanol–water partition coefficient (Wildman–Crippen LogP) is 4.37. The van der Waals surface area contributed by atoms with Gasteiger partial charge in [-0.15, -0.1) is 21.5 Å². The van der Waals surface area contributed by atoms with Crippen molar-refractivity contribution in [2.75, 3.05) is 23.0 Å². The van der Waals surface area contributed by atoms with Crippen molar-refractivity contribution in [1.82, 2.24) is 10.2 Å². The SMILES string of the molecule is CCOC(=O)c1c(NC(=O)CSc2nnc(NC(=O)CC(C)C)s2)sc2c1CCCC2. The molecule has 0 bridgehead atoms. The van der Waals surface area contributed by atoms with Gasteiger partial charge < -0.3 is 15.4 Å². The van der Waals surface area contributed by atoms with Crippen LogP contribution in [0.25, 0.3) is 0 Å². The number of esters is 1. The summed E-state index contributed by atoms with van der Waals surface area (Å²) in [5, 5.41) is 14.6. The van der Waals surface area contributed by atoms with E-state index in [0.29, 0.717) is 33.1 Å². The van der Waals surface area contributed by atoms with E-state index in [1.165, 1.54) is 34.4 Å². The average molecular weight is 483 g/mol. The second kappa shape index (κ2) is 11.1. The highest BCUT2D eigenvalue weighted by Gasteiger charge is 2.27. The number of amides is 2. The van der Waals surface area contributed by atoms with E-state index >= 15 is 0 Å². The second-order valence-electron chi connectivity index (χ2n) is 7.49. The van der Waals surface area contributed by atoms with E-state index in [-0.39, 0.29) is 29.5 Å². The molecule has 0 saturated carbocycles. The minimum absolute atomic E-state index is 0.103. The highest BCUT2D eigenvalue weighted by Crippen LogP contribution is 2.38. The number of carbonyl (C=O) groups excluding carboxylic acids is 3. The van der Waals surface area contributed by atoms with Crippen LogP contribution in [0.4, 0.5) is 10.1 Å². The van der Waals surface area contributed by atoms with Crippen LogP contribution in [0.2, 0.25) is 0 Å². The number of thiophene rings is 1. The molecule has 2 aromatic rings. The third-order valence-electron chi connectivity index (χ3n) is 4.48. The van der Waals surface area contributed by atoms with Gasteiger partial charge in [-0.2, -0.15) is 0 Å². The number of nitrogens with one attached hydrogen (secondary N) is 2. The molecule has 0 spiro atoms. The fourth-order valence-corrected chi connectivity index (χ4v) is 6.08. The molecule has 11 heteroatoms. The van der Waals surface area contributed by atoms with E-state index in [9.17, 15) is 14.4 Å². The van der Waals surface area contributed by atoms with Crippen LogP contribution in [-0.4, -0.2) is 40.3 Å². The van der Waals surface area contributed by atoms with Gasteiger partial charge in [-0.1, -0.05) is 36.9 Å². The lowest BCUT2D eigenvalue weighted by atomic mass is 9.95. The van der Waals surface area contributed by atoms with Crippen molar-refractivity contribution in [1.29, 1.82) is 0 Å². The number of carbonyl (C=O) groups is 3. The minimum atomic E-state index is -0.379. The molecule has 0 radical (unpaired) electrons. The van der Waals surface area contributed by atoms with Crippen LogP contribution in [0.5, 0.6) is 0 Å². The maximum atomic E-state index is 12.5. The zero-order valence-electron chi connectivity index (χ0n) is 17.8. The summed E-state index contributed by atoms with van der Waals surface area (Å²) in [6, 6.07) is 0. The Balaban J connectivity index is 1.60. The Labute approximate surface area is 193 Å². The van der Waals surface area contributed by atoms with Crippen LogP contribution in [0.15, 0.2) is 4.34 Å². The van der Waals surface area contributed by atoms with Gasteiger partial charge in [0.1, 0.15) is 5.00 Å².